The Hall–Kier alpha value is -1.91. The molecule has 0 fully saturated rings. The zero-order valence-corrected chi connectivity index (χ0v) is 11.7. The fraction of sp³-hybridized carbons (Fsp3) is 0. The number of rotatable bonds is 2. The van der Waals surface area contributed by atoms with E-state index in [1.807, 2.05) is 11.4 Å². The van der Waals surface area contributed by atoms with Crippen LogP contribution in [0.2, 0.25) is 5.02 Å². The van der Waals surface area contributed by atoms with Crippen LogP contribution in [-0.4, -0.2) is 10.1 Å². The number of para-hydroxylation sites is 1. The highest BCUT2D eigenvalue weighted by atomic mass is 35.5. The summed E-state index contributed by atoms with van der Waals surface area (Å²) in [5, 5.41) is 12.4. The maximum Gasteiger partial charge on any atom is 0.141 e. The number of thiazole rings is 1. The molecule has 0 spiro atoms. The zero-order valence-electron chi connectivity index (χ0n) is 10.2. The minimum absolute atomic E-state index is 0.0691. The maximum absolute atomic E-state index is 13.2. The van der Waals surface area contributed by atoms with Crippen LogP contribution in [0.1, 0.15) is 0 Å². The zero-order chi connectivity index (χ0) is 14.1. The molecular formula is C15H9ClFNOS. The van der Waals surface area contributed by atoms with E-state index in [0.29, 0.717) is 16.3 Å². The van der Waals surface area contributed by atoms with E-state index in [4.69, 9.17) is 11.6 Å². The van der Waals surface area contributed by atoms with E-state index in [1.165, 1.54) is 17.4 Å². The number of aromatic nitrogens is 1. The van der Waals surface area contributed by atoms with Crippen LogP contribution in [0.5, 0.6) is 5.75 Å². The lowest BCUT2D eigenvalue weighted by molar-refractivity contribution is 0.477. The molecule has 3 aromatic rings. The third kappa shape index (κ3) is 2.40. The van der Waals surface area contributed by atoms with Crippen LogP contribution in [-0.2, 0) is 0 Å². The average Bonchev–Trinajstić information content (AvgIpc) is 2.92. The second kappa shape index (κ2) is 5.23. The van der Waals surface area contributed by atoms with Gasteiger partial charge in [0.1, 0.15) is 16.6 Å². The topological polar surface area (TPSA) is 33.1 Å². The van der Waals surface area contributed by atoms with Gasteiger partial charge < -0.3 is 5.11 Å². The molecule has 0 bridgehead atoms. The van der Waals surface area contributed by atoms with E-state index in [9.17, 15) is 9.50 Å². The first-order chi connectivity index (χ1) is 9.65. The summed E-state index contributed by atoms with van der Waals surface area (Å²) in [6.07, 6.45) is 0. The quantitative estimate of drug-likeness (QED) is 0.724. The van der Waals surface area contributed by atoms with Crippen molar-refractivity contribution in [1.29, 1.82) is 0 Å². The second-order valence-corrected chi connectivity index (χ2v) is 5.45. The number of benzene rings is 2. The Morgan fingerprint density at radius 2 is 1.95 bits per heavy atom. The number of nitrogens with zero attached hydrogens (tertiary/aromatic N) is 1. The first-order valence-corrected chi connectivity index (χ1v) is 7.10. The van der Waals surface area contributed by atoms with Crippen molar-refractivity contribution in [3.63, 3.8) is 0 Å². The Labute approximate surface area is 124 Å². The molecule has 0 aliphatic carbocycles. The highest BCUT2D eigenvalue weighted by Gasteiger charge is 2.11. The van der Waals surface area contributed by atoms with Crippen molar-refractivity contribution in [2.45, 2.75) is 0 Å². The lowest BCUT2D eigenvalue weighted by Gasteiger charge is -2.00. The van der Waals surface area contributed by atoms with Crippen molar-refractivity contribution >= 4 is 22.9 Å². The highest BCUT2D eigenvalue weighted by Crippen LogP contribution is 2.34. The Kier molecular flexibility index (Phi) is 3.42. The van der Waals surface area contributed by atoms with Crippen LogP contribution in [0.3, 0.4) is 0 Å². The fourth-order valence-corrected chi connectivity index (χ4v) is 2.88. The standard InChI is InChI=1S/C15H9ClFNOS/c16-11-7-9(5-6-12(11)17)13-8-20-15(18-13)10-3-1-2-4-14(10)19/h1-8,19H. The first-order valence-electron chi connectivity index (χ1n) is 5.84. The molecule has 20 heavy (non-hydrogen) atoms. The van der Waals surface area contributed by atoms with Gasteiger partial charge >= 0.3 is 0 Å². The molecule has 0 atom stereocenters. The molecular weight excluding hydrogens is 297 g/mol. The van der Waals surface area contributed by atoms with E-state index in [-0.39, 0.29) is 10.8 Å². The molecule has 5 heteroatoms. The normalized spacial score (nSPS) is 10.7. The van der Waals surface area contributed by atoms with E-state index < -0.39 is 5.82 Å². The molecule has 1 heterocycles. The fourth-order valence-electron chi connectivity index (χ4n) is 1.84. The Balaban J connectivity index is 2.02. The van der Waals surface area contributed by atoms with E-state index in [2.05, 4.69) is 4.98 Å². The van der Waals surface area contributed by atoms with Crippen LogP contribution in [0.4, 0.5) is 4.39 Å². The van der Waals surface area contributed by atoms with Crippen LogP contribution >= 0.6 is 22.9 Å². The molecule has 3 rings (SSSR count). The third-order valence-electron chi connectivity index (χ3n) is 2.85. The Morgan fingerprint density at radius 3 is 2.70 bits per heavy atom. The van der Waals surface area contributed by atoms with Crippen LogP contribution < -0.4 is 0 Å². The van der Waals surface area contributed by atoms with Gasteiger partial charge in [-0.15, -0.1) is 11.3 Å². The number of phenolic OH excluding ortho intramolecular Hbond substituents is 1. The van der Waals surface area contributed by atoms with Gasteiger partial charge in [0.25, 0.3) is 0 Å². The Morgan fingerprint density at radius 1 is 1.15 bits per heavy atom. The third-order valence-corrected chi connectivity index (χ3v) is 4.02. The summed E-state index contributed by atoms with van der Waals surface area (Å²) in [7, 11) is 0. The highest BCUT2D eigenvalue weighted by molar-refractivity contribution is 7.13. The van der Waals surface area contributed by atoms with E-state index in [1.54, 1.807) is 30.3 Å². The number of aromatic hydroxyl groups is 1. The molecule has 2 aromatic carbocycles. The molecule has 0 radical (unpaired) electrons. The molecule has 100 valence electrons. The number of hydrogen-bond donors (Lipinski definition) is 1. The van der Waals surface area contributed by atoms with Crippen molar-refractivity contribution in [2.75, 3.05) is 0 Å². The minimum Gasteiger partial charge on any atom is -0.507 e. The summed E-state index contributed by atoms with van der Waals surface area (Å²) in [6, 6.07) is 11.5. The predicted octanol–water partition coefficient (Wildman–Crippen LogP) is 4.98. The Bertz CT molecular complexity index is 772. The molecule has 0 aliphatic rings. The summed E-state index contributed by atoms with van der Waals surface area (Å²) in [5.41, 5.74) is 2.13. The van der Waals surface area contributed by atoms with Crippen molar-refractivity contribution in [2.24, 2.45) is 0 Å². The summed E-state index contributed by atoms with van der Waals surface area (Å²) in [6.45, 7) is 0. The lowest BCUT2D eigenvalue weighted by Crippen LogP contribution is -1.82. The van der Waals surface area contributed by atoms with Gasteiger partial charge in [-0.05, 0) is 30.3 Å². The molecule has 2 nitrogen and oxygen atoms in total. The summed E-state index contributed by atoms with van der Waals surface area (Å²) in [4.78, 5) is 4.46. The van der Waals surface area contributed by atoms with Gasteiger partial charge in [-0.1, -0.05) is 23.7 Å². The van der Waals surface area contributed by atoms with Gasteiger partial charge in [0.05, 0.1) is 16.3 Å². The van der Waals surface area contributed by atoms with Gasteiger partial charge in [0.15, 0.2) is 0 Å². The van der Waals surface area contributed by atoms with Crippen molar-refractivity contribution in [3.8, 4) is 27.6 Å². The number of hydrogen-bond acceptors (Lipinski definition) is 3. The average molecular weight is 306 g/mol. The molecule has 0 unspecified atom stereocenters. The molecule has 1 aromatic heterocycles. The number of phenols is 1. The van der Waals surface area contributed by atoms with Crippen LogP contribution in [0.15, 0.2) is 47.8 Å². The summed E-state index contributed by atoms with van der Waals surface area (Å²) < 4.78 is 13.2. The molecule has 0 saturated heterocycles. The summed E-state index contributed by atoms with van der Waals surface area (Å²) >= 11 is 7.19. The monoisotopic (exact) mass is 305 g/mol. The molecule has 0 aliphatic heterocycles. The van der Waals surface area contributed by atoms with Gasteiger partial charge in [-0.25, -0.2) is 9.37 Å². The molecule has 0 saturated carbocycles. The smallest absolute Gasteiger partial charge is 0.141 e. The minimum atomic E-state index is -0.452. The lowest BCUT2D eigenvalue weighted by atomic mass is 10.1. The van der Waals surface area contributed by atoms with Gasteiger partial charge in [0.2, 0.25) is 0 Å². The van der Waals surface area contributed by atoms with Gasteiger partial charge in [0, 0.05) is 10.9 Å². The van der Waals surface area contributed by atoms with E-state index in [0.717, 1.165) is 5.56 Å². The maximum atomic E-state index is 13.2. The molecule has 0 amide bonds. The van der Waals surface area contributed by atoms with Crippen LogP contribution in [0.25, 0.3) is 21.8 Å². The summed E-state index contributed by atoms with van der Waals surface area (Å²) in [5.74, 6) is -0.267. The SMILES string of the molecule is Oc1ccccc1-c1nc(-c2ccc(F)c(Cl)c2)cs1. The van der Waals surface area contributed by atoms with E-state index >= 15 is 0 Å². The van der Waals surface area contributed by atoms with Crippen molar-refractivity contribution < 1.29 is 9.50 Å². The van der Waals surface area contributed by atoms with Crippen LogP contribution in [0, 0.1) is 5.82 Å². The molecule has 1 N–H and O–H groups in total. The van der Waals surface area contributed by atoms with Gasteiger partial charge in [-0.3, -0.25) is 0 Å². The largest absolute Gasteiger partial charge is 0.507 e. The second-order valence-electron chi connectivity index (χ2n) is 4.18. The van der Waals surface area contributed by atoms with Gasteiger partial charge in [-0.2, -0.15) is 0 Å². The van der Waals surface area contributed by atoms with Crippen molar-refractivity contribution in [1.82, 2.24) is 4.98 Å². The predicted molar refractivity (Wildman–Crippen MR) is 79.6 cm³/mol. The first kappa shape index (κ1) is 13.1. The van der Waals surface area contributed by atoms with Crippen molar-refractivity contribution in [3.05, 3.63) is 58.7 Å². The number of halogens is 2.